The molecule has 0 bridgehead atoms. The lowest BCUT2D eigenvalue weighted by atomic mass is 10.1. The number of nitrogens with zero attached hydrogens (tertiary/aromatic N) is 4. The van der Waals surface area contributed by atoms with E-state index in [1.807, 2.05) is 60.7 Å². The third-order valence-electron chi connectivity index (χ3n) is 5.68. The average molecular weight is 461 g/mol. The molecule has 4 aromatic rings. The van der Waals surface area contributed by atoms with Gasteiger partial charge in [0.05, 0.1) is 4.70 Å². The Morgan fingerprint density at radius 1 is 0.970 bits per heavy atom. The predicted octanol–water partition coefficient (Wildman–Crippen LogP) is 4.25. The van der Waals surface area contributed by atoms with Crippen LogP contribution in [0.2, 0.25) is 0 Å². The van der Waals surface area contributed by atoms with Gasteiger partial charge in [-0.1, -0.05) is 72.0 Å². The summed E-state index contributed by atoms with van der Waals surface area (Å²) in [6.07, 6.45) is 3.46. The molecule has 0 N–H and O–H groups in total. The second kappa shape index (κ2) is 9.54. The first-order valence-corrected chi connectivity index (χ1v) is 11.9. The van der Waals surface area contributed by atoms with Crippen LogP contribution in [0.4, 0.5) is 5.13 Å². The zero-order valence-electron chi connectivity index (χ0n) is 18.1. The zero-order valence-corrected chi connectivity index (χ0v) is 19.0. The Balaban J connectivity index is 1.49. The summed E-state index contributed by atoms with van der Waals surface area (Å²) in [6, 6.07) is 19.1. The van der Waals surface area contributed by atoms with Gasteiger partial charge in [-0.2, -0.15) is 5.10 Å². The molecule has 8 heteroatoms. The monoisotopic (exact) mass is 460 g/mol. The highest BCUT2D eigenvalue weighted by Gasteiger charge is 2.22. The number of thiazole rings is 1. The van der Waals surface area contributed by atoms with E-state index in [1.165, 1.54) is 22.4 Å². The number of benzene rings is 2. The van der Waals surface area contributed by atoms with Crippen molar-refractivity contribution >= 4 is 32.7 Å². The molecule has 168 valence electrons. The van der Waals surface area contributed by atoms with E-state index in [4.69, 9.17) is 9.72 Å². The van der Waals surface area contributed by atoms with Gasteiger partial charge in [0.15, 0.2) is 10.6 Å². The van der Waals surface area contributed by atoms with E-state index in [0.717, 1.165) is 46.9 Å². The first kappa shape index (κ1) is 21.3. The summed E-state index contributed by atoms with van der Waals surface area (Å²) in [6.45, 7) is 1.76. The lowest BCUT2D eigenvalue weighted by Gasteiger charge is -2.25. The van der Waals surface area contributed by atoms with Crippen LogP contribution in [-0.2, 0) is 22.7 Å². The summed E-state index contributed by atoms with van der Waals surface area (Å²) in [7, 11) is 0. The van der Waals surface area contributed by atoms with E-state index in [-0.39, 0.29) is 18.7 Å². The summed E-state index contributed by atoms with van der Waals surface area (Å²) < 4.78 is 7.31. The topological polar surface area (TPSA) is 77.3 Å². The van der Waals surface area contributed by atoms with Crippen LogP contribution in [0.15, 0.2) is 65.5 Å². The first-order valence-electron chi connectivity index (χ1n) is 11.1. The van der Waals surface area contributed by atoms with E-state index in [2.05, 4.69) is 10.00 Å². The lowest BCUT2D eigenvalue weighted by molar-refractivity contribution is -0.146. The van der Waals surface area contributed by atoms with Gasteiger partial charge in [0.2, 0.25) is 0 Å². The van der Waals surface area contributed by atoms with Crippen molar-refractivity contribution in [1.82, 2.24) is 14.8 Å². The number of hydrogen-bond acceptors (Lipinski definition) is 7. The molecule has 7 nitrogen and oxygen atoms in total. The highest BCUT2D eigenvalue weighted by atomic mass is 32.1. The van der Waals surface area contributed by atoms with Crippen molar-refractivity contribution in [1.29, 1.82) is 0 Å². The standard InChI is InChI=1S/C25H24N4O3S/c30-20(32-17-18-10-4-1-5-11-18)16-29-24(31)22-23(21(27-29)19-12-6-2-7-13-19)33-25(26-22)28-14-8-3-9-15-28/h1-2,4-7,10-13H,3,8-9,14-17H2. The number of ether oxygens (including phenoxy) is 1. The number of hydrogen-bond donors (Lipinski definition) is 0. The SMILES string of the molecule is O=C(Cn1nc(-c2ccccc2)c2sc(N3CCCCC3)nc2c1=O)OCc1ccccc1. The maximum Gasteiger partial charge on any atom is 0.328 e. The maximum atomic E-state index is 13.2. The number of carbonyl (C=O) groups is 1. The maximum absolute atomic E-state index is 13.2. The second-order valence-electron chi connectivity index (χ2n) is 8.05. The van der Waals surface area contributed by atoms with Gasteiger partial charge in [-0.05, 0) is 24.8 Å². The van der Waals surface area contributed by atoms with Crippen molar-refractivity contribution in [3.63, 3.8) is 0 Å². The molecule has 33 heavy (non-hydrogen) atoms. The average Bonchev–Trinajstić information content (AvgIpc) is 3.32. The minimum Gasteiger partial charge on any atom is -0.459 e. The largest absolute Gasteiger partial charge is 0.459 e. The molecule has 1 fully saturated rings. The number of fused-ring (bicyclic) bond motifs is 1. The lowest BCUT2D eigenvalue weighted by Crippen LogP contribution is -2.30. The third kappa shape index (κ3) is 4.66. The third-order valence-corrected chi connectivity index (χ3v) is 6.81. The van der Waals surface area contributed by atoms with Crippen molar-refractivity contribution in [3.05, 3.63) is 76.6 Å². The molecule has 1 aliphatic heterocycles. The molecule has 0 saturated carbocycles. The van der Waals surface area contributed by atoms with Gasteiger partial charge in [-0.3, -0.25) is 9.59 Å². The Kier molecular flexibility index (Phi) is 6.17. The fraction of sp³-hybridized carbons (Fsp3) is 0.280. The van der Waals surface area contributed by atoms with Gasteiger partial charge in [-0.15, -0.1) is 0 Å². The Bertz CT molecular complexity index is 1310. The van der Waals surface area contributed by atoms with E-state index >= 15 is 0 Å². The highest BCUT2D eigenvalue weighted by Crippen LogP contribution is 2.34. The molecule has 0 unspecified atom stereocenters. The normalized spacial score (nSPS) is 13.9. The number of rotatable bonds is 6. The van der Waals surface area contributed by atoms with Crippen LogP contribution in [0.1, 0.15) is 24.8 Å². The second-order valence-corrected chi connectivity index (χ2v) is 9.02. The number of carbonyl (C=O) groups excluding carboxylic acids is 1. The quantitative estimate of drug-likeness (QED) is 0.400. The van der Waals surface area contributed by atoms with E-state index in [9.17, 15) is 9.59 Å². The molecule has 0 radical (unpaired) electrons. The van der Waals surface area contributed by atoms with E-state index < -0.39 is 5.97 Å². The molecule has 1 saturated heterocycles. The van der Waals surface area contributed by atoms with Gasteiger partial charge in [0.25, 0.3) is 5.56 Å². The molecule has 0 atom stereocenters. The van der Waals surface area contributed by atoms with Gasteiger partial charge >= 0.3 is 5.97 Å². The van der Waals surface area contributed by atoms with Crippen LogP contribution in [-0.4, -0.2) is 33.8 Å². The summed E-state index contributed by atoms with van der Waals surface area (Å²) in [5.41, 5.74) is 2.40. The molecule has 2 aromatic heterocycles. The molecular weight excluding hydrogens is 436 g/mol. The van der Waals surface area contributed by atoms with Crippen LogP contribution < -0.4 is 10.5 Å². The van der Waals surface area contributed by atoms with Gasteiger partial charge in [0.1, 0.15) is 18.8 Å². The van der Waals surface area contributed by atoms with E-state index in [1.54, 1.807) is 0 Å². The molecule has 3 heterocycles. The Morgan fingerprint density at radius 3 is 2.39 bits per heavy atom. The summed E-state index contributed by atoms with van der Waals surface area (Å²) in [4.78, 5) is 32.7. The smallest absolute Gasteiger partial charge is 0.328 e. The number of aromatic nitrogens is 3. The molecule has 0 aliphatic carbocycles. The van der Waals surface area contributed by atoms with Gasteiger partial charge in [0, 0.05) is 18.7 Å². The molecule has 0 amide bonds. The van der Waals surface area contributed by atoms with Crippen LogP contribution in [0, 0.1) is 0 Å². The molecule has 5 rings (SSSR count). The number of piperidine rings is 1. The fourth-order valence-corrected chi connectivity index (χ4v) is 5.08. The summed E-state index contributed by atoms with van der Waals surface area (Å²) in [5.74, 6) is -0.515. The Labute approximate surface area is 195 Å². The minimum atomic E-state index is -0.515. The summed E-state index contributed by atoms with van der Waals surface area (Å²) in [5, 5.41) is 5.42. The van der Waals surface area contributed by atoms with Gasteiger partial charge < -0.3 is 9.64 Å². The van der Waals surface area contributed by atoms with Crippen molar-refractivity contribution in [2.24, 2.45) is 0 Å². The predicted molar refractivity (Wildman–Crippen MR) is 129 cm³/mol. The number of esters is 1. The van der Waals surface area contributed by atoms with Crippen LogP contribution in [0.3, 0.4) is 0 Å². The van der Waals surface area contributed by atoms with Crippen LogP contribution in [0.5, 0.6) is 0 Å². The zero-order chi connectivity index (χ0) is 22.6. The first-order chi connectivity index (χ1) is 16.2. The minimum absolute atomic E-state index is 0.151. The van der Waals surface area contributed by atoms with Crippen molar-refractivity contribution in [2.75, 3.05) is 18.0 Å². The van der Waals surface area contributed by atoms with Crippen molar-refractivity contribution < 1.29 is 9.53 Å². The molecule has 0 spiro atoms. The van der Waals surface area contributed by atoms with Gasteiger partial charge in [-0.25, -0.2) is 9.67 Å². The highest BCUT2D eigenvalue weighted by molar-refractivity contribution is 7.22. The molecular formula is C25H24N4O3S. The molecule has 1 aliphatic rings. The van der Waals surface area contributed by atoms with Crippen LogP contribution >= 0.6 is 11.3 Å². The van der Waals surface area contributed by atoms with Crippen molar-refractivity contribution in [2.45, 2.75) is 32.4 Å². The Hall–Kier alpha value is -3.52. The summed E-state index contributed by atoms with van der Waals surface area (Å²) >= 11 is 1.50. The van der Waals surface area contributed by atoms with E-state index in [0.29, 0.717) is 11.2 Å². The number of anilines is 1. The van der Waals surface area contributed by atoms with Crippen LogP contribution in [0.25, 0.3) is 21.5 Å². The fourth-order valence-electron chi connectivity index (χ4n) is 3.97. The van der Waals surface area contributed by atoms with Crippen molar-refractivity contribution in [3.8, 4) is 11.3 Å². The molecule has 2 aromatic carbocycles. The Morgan fingerprint density at radius 2 is 1.67 bits per heavy atom.